The molecule has 9 rings (SSSR count). The van der Waals surface area contributed by atoms with Gasteiger partial charge in [-0.3, -0.25) is 9.59 Å². The van der Waals surface area contributed by atoms with Crippen LogP contribution in [0.3, 0.4) is 0 Å². The lowest BCUT2D eigenvalue weighted by atomic mass is 9.95. The second-order valence-electron chi connectivity index (χ2n) is 16.1. The number of nitrogen functional groups attached to an aromatic ring is 1. The summed E-state index contributed by atoms with van der Waals surface area (Å²) in [6, 6.07) is 14.4. The van der Waals surface area contributed by atoms with Gasteiger partial charge < -0.3 is 50.1 Å². The minimum atomic E-state index is -1.53. The highest BCUT2D eigenvalue weighted by atomic mass is 16.6. The van der Waals surface area contributed by atoms with Crippen LogP contribution in [0.4, 0.5) is 11.6 Å². The summed E-state index contributed by atoms with van der Waals surface area (Å²) in [5.74, 6) is 0.429. The van der Waals surface area contributed by atoms with E-state index < -0.39 is 48.1 Å². The average molecular weight is 833 g/mol. The van der Waals surface area contributed by atoms with Gasteiger partial charge in [0.05, 0.1) is 23.0 Å². The smallest absolute Gasteiger partial charge is 0.257 e. The molecule has 2 unspecified atom stereocenters. The van der Waals surface area contributed by atoms with Crippen molar-refractivity contribution < 1.29 is 39.5 Å². The fraction of sp³-hybridized carbons (Fsp3) is 0.378. The summed E-state index contributed by atoms with van der Waals surface area (Å²) < 4.78 is 15.4. The fourth-order valence-corrected chi connectivity index (χ4v) is 8.12. The Morgan fingerprint density at radius 2 is 1.25 bits per heavy atom. The Labute approximate surface area is 352 Å². The number of aliphatic hydroxyl groups is 4. The molecule has 8 atom stereocenters. The first-order chi connectivity index (χ1) is 29.1. The first-order valence-electron chi connectivity index (χ1n) is 20.2. The largest absolute Gasteiger partial charge is 0.387 e. The van der Waals surface area contributed by atoms with Crippen molar-refractivity contribution in [2.45, 2.75) is 109 Å². The van der Waals surface area contributed by atoms with Crippen LogP contribution in [0.5, 0.6) is 0 Å². The Balaban J connectivity index is 0.000000166. The molecule has 0 bridgehead atoms. The van der Waals surface area contributed by atoms with E-state index in [1.54, 1.807) is 46.5 Å². The zero-order chi connectivity index (χ0) is 44.0. The summed E-state index contributed by atoms with van der Waals surface area (Å²) in [6.45, 7) is 13.1. The Hall–Kier alpha value is -5.88. The van der Waals surface area contributed by atoms with Crippen molar-refractivity contribution in [1.82, 2.24) is 29.1 Å². The number of fused-ring (bicyclic) bond motifs is 3. The molecule has 1 amide bonds. The number of amides is 1. The molecule has 16 nitrogen and oxygen atoms in total. The number of ether oxygens (including phenoxy) is 2. The molecule has 2 aromatic carbocycles. The summed E-state index contributed by atoms with van der Waals surface area (Å²) in [5.41, 5.74) is 9.35. The molecule has 2 fully saturated rings. The van der Waals surface area contributed by atoms with E-state index in [0.717, 1.165) is 17.4 Å². The highest BCUT2D eigenvalue weighted by Crippen LogP contribution is 2.46. The number of aliphatic hydroxyl groups excluding tert-OH is 2. The summed E-state index contributed by atoms with van der Waals surface area (Å²) in [6.07, 6.45) is 5.45. The molecule has 3 aliphatic heterocycles. The predicted molar refractivity (Wildman–Crippen MR) is 230 cm³/mol. The topological polar surface area (TPSA) is 233 Å². The highest BCUT2D eigenvalue weighted by Gasteiger charge is 2.54. The normalized spacial score (nSPS) is 26.4. The van der Waals surface area contributed by atoms with E-state index in [2.05, 4.69) is 45.2 Å². The monoisotopic (exact) mass is 832 g/mol. The molecule has 0 aliphatic carbocycles. The molecule has 7 heterocycles. The van der Waals surface area contributed by atoms with Gasteiger partial charge >= 0.3 is 0 Å². The molecule has 0 spiro atoms. The van der Waals surface area contributed by atoms with E-state index in [1.807, 2.05) is 51.2 Å². The fourth-order valence-electron chi connectivity index (χ4n) is 8.12. The Morgan fingerprint density at radius 3 is 1.75 bits per heavy atom. The van der Waals surface area contributed by atoms with Crippen LogP contribution < -0.4 is 11.1 Å². The maximum atomic E-state index is 12.6. The molecule has 6 aromatic rings. The van der Waals surface area contributed by atoms with E-state index in [0.29, 0.717) is 63.0 Å². The lowest BCUT2D eigenvalue weighted by Crippen LogP contribution is -2.43. The standard InChI is InChI=1S/C20H20N4O4.C20H22N4O4.C5H10/c1-3-13-15(25)20(2,27)19(28-13)24-8-12-10-6-4-5-7-11(10)18(26)23-16-14(12)17(24)22-9-21-16;1-3-14-16(26)20(2,27)19(28-14)24-8-13(12-7-5-4-6-11(12)9-25)15-17(21)22-10-23-18(15)24;1-4-5(2)3/h4-9,13,15,19,25,27H,3H2,1-2H3,(H,21,22,23,26);4-10,14,16,19,26-27H,3H2,1-2H3,(H2,21,22,23);4H,1-3H3/t13-,15-,19?,20-;14-,16-,19?,20-;/m11./s1. The summed E-state index contributed by atoms with van der Waals surface area (Å²) in [5, 5.41) is 47.0. The quantitative estimate of drug-likeness (QED) is 0.0840. The Morgan fingerprint density at radius 1 is 0.770 bits per heavy atom. The third-order valence-corrected chi connectivity index (χ3v) is 11.7. The van der Waals surface area contributed by atoms with Gasteiger partial charge in [0.25, 0.3) is 5.91 Å². The van der Waals surface area contributed by atoms with Crippen LogP contribution in [0.2, 0.25) is 0 Å². The van der Waals surface area contributed by atoms with Gasteiger partial charge in [0.15, 0.2) is 18.7 Å². The van der Waals surface area contributed by atoms with Crippen molar-refractivity contribution >= 4 is 45.9 Å². The van der Waals surface area contributed by atoms with Crippen LogP contribution in [0.1, 0.15) is 94.5 Å². The molecule has 61 heavy (non-hydrogen) atoms. The van der Waals surface area contributed by atoms with Gasteiger partial charge in [-0.15, -0.1) is 0 Å². The van der Waals surface area contributed by atoms with Gasteiger partial charge in [-0.2, -0.15) is 0 Å². The number of hydrogen-bond donors (Lipinski definition) is 6. The Kier molecular flexibility index (Phi) is 12.0. The van der Waals surface area contributed by atoms with Crippen molar-refractivity contribution in [3.63, 3.8) is 0 Å². The number of nitrogens with two attached hydrogens (primary N) is 1. The number of carbonyl (C=O) groups excluding carboxylic acids is 2. The maximum Gasteiger partial charge on any atom is 0.257 e. The molecule has 0 radical (unpaired) electrons. The molecule has 16 heteroatoms. The molecule has 3 aliphatic rings. The minimum Gasteiger partial charge on any atom is -0.387 e. The number of anilines is 2. The number of nitrogens with one attached hydrogen (secondary N) is 1. The van der Waals surface area contributed by atoms with Crippen molar-refractivity contribution in [2.24, 2.45) is 0 Å². The molecule has 4 aromatic heterocycles. The summed E-state index contributed by atoms with van der Waals surface area (Å²) in [7, 11) is 0. The number of aldehydes is 1. The number of rotatable bonds is 6. The lowest BCUT2D eigenvalue weighted by molar-refractivity contribution is -0.0937. The zero-order valence-corrected chi connectivity index (χ0v) is 35.1. The predicted octanol–water partition coefficient (Wildman–Crippen LogP) is 5.97. The Bertz CT molecular complexity index is 2590. The van der Waals surface area contributed by atoms with Gasteiger partial charge in [0, 0.05) is 34.6 Å². The second-order valence-corrected chi connectivity index (χ2v) is 16.1. The molecular weight excluding hydrogens is 781 g/mol. The summed E-state index contributed by atoms with van der Waals surface area (Å²) >= 11 is 0. The number of aromatic nitrogens is 6. The molecule has 320 valence electrons. The van der Waals surface area contributed by atoms with Crippen molar-refractivity contribution in [3.05, 3.63) is 96.4 Å². The minimum absolute atomic E-state index is 0.232. The van der Waals surface area contributed by atoms with Gasteiger partial charge in [-0.1, -0.05) is 68.0 Å². The number of nitrogens with zero attached hydrogens (tertiary/aromatic N) is 6. The van der Waals surface area contributed by atoms with Crippen LogP contribution in [-0.4, -0.2) is 97.3 Å². The van der Waals surface area contributed by atoms with Gasteiger partial charge in [-0.05, 0) is 64.7 Å². The van der Waals surface area contributed by atoms with Crippen molar-refractivity contribution in [1.29, 1.82) is 0 Å². The van der Waals surface area contributed by atoms with E-state index in [4.69, 9.17) is 15.2 Å². The first kappa shape index (κ1) is 43.2. The molecule has 7 N–H and O–H groups in total. The van der Waals surface area contributed by atoms with Crippen LogP contribution >= 0.6 is 0 Å². The third-order valence-electron chi connectivity index (χ3n) is 11.7. The zero-order valence-electron chi connectivity index (χ0n) is 35.1. The van der Waals surface area contributed by atoms with E-state index in [-0.39, 0.29) is 11.7 Å². The molecule has 0 saturated carbocycles. The number of benzene rings is 2. The lowest BCUT2D eigenvalue weighted by Gasteiger charge is -2.27. The SMILES string of the molecule is CC=C(C)C.CC[C@H]1OC(n2cc(-c3ccccc3C=O)c3c(N)ncnc32)[C@](C)(O)[C@@H]1O.CC[C@H]1OC(n2cc3c4c(ncnc42)NC(=O)c2ccccc2-3)[C@](C)(O)[C@@H]1O. The maximum absolute atomic E-state index is 12.6. The van der Waals surface area contributed by atoms with Crippen molar-refractivity contribution in [3.8, 4) is 22.3 Å². The van der Waals surface area contributed by atoms with E-state index in [1.165, 1.54) is 25.2 Å². The van der Waals surface area contributed by atoms with Gasteiger partial charge in [0.2, 0.25) is 0 Å². The van der Waals surface area contributed by atoms with Gasteiger partial charge in [-0.25, -0.2) is 19.9 Å². The van der Waals surface area contributed by atoms with Gasteiger partial charge in [0.1, 0.15) is 59.0 Å². The number of carbonyl (C=O) groups is 2. The second kappa shape index (κ2) is 16.9. The average Bonchev–Trinajstić information content (AvgIpc) is 3.94. The van der Waals surface area contributed by atoms with Crippen LogP contribution in [0, 0.1) is 0 Å². The highest BCUT2D eigenvalue weighted by molar-refractivity contribution is 6.18. The van der Waals surface area contributed by atoms with Crippen LogP contribution in [0.25, 0.3) is 44.3 Å². The number of allylic oxidation sites excluding steroid dienone is 2. The van der Waals surface area contributed by atoms with Crippen LogP contribution in [0.15, 0.2) is 85.2 Å². The molecule has 2 saturated heterocycles. The summed E-state index contributed by atoms with van der Waals surface area (Å²) in [4.78, 5) is 41.2. The number of hydrogen-bond acceptors (Lipinski definition) is 13. The van der Waals surface area contributed by atoms with E-state index in [9.17, 15) is 30.0 Å². The van der Waals surface area contributed by atoms with E-state index >= 15 is 0 Å². The van der Waals surface area contributed by atoms with Crippen molar-refractivity contribution in [2.75, 3.05) is 11.1 Å². The first-order valence-corrected chi connectivity index (χ1v) is 20.2. The van der Waals surface area contributed by atoms with Crippen LogP contribution in [-0.2, 0) is 9.47 Å². The third kappa shape index (κ3) is 7.49. The molecular formula is C45H52N8O8.